The zero-order valence-electron chi connectivity index (χ0n) is 14.5. The molecule has 136 valence electrons. The van der Waals surface area contributed by atoms with Crippen LogP contribution >= 0.6 is 12.4 Å². The summed E-state index contributed by atoms with van der Waals surface area (Å²) < 4.78 is 10.4. The van der Waals surface area contributed by atoms with E-state index in [0.717, 1.165) is 0 Å². The average molecular weight is 360 g/mol. The van der Waals surface area contributed by atoms with E-state index in [9.17, 15) is 9.59 Å². The number of nitrogens with one attached hydrogen (secondary N) is 2. The van der Waals surface area contributed by atoms with Gasteiger partial charge in [-0.15, -0.1) is 12.4 Å². The molecule has 0 radical (unpaired) electrons. The third-order valence-electron chi connectivity index (χ3n) is 2.98. The van der Waals surface area contributed by atoms with Crippen LogP contribution in [0.3, 0.4) is 0 Å². The van der Waals surface area contributed by atoms with E-state index in [1.165, 1.54) is 4.90 Å². The molecule has 0 atom stereocenters. The molecule has 0 fully saturated rings. The molecular formula is C16H26ClN3O4. The lowest BCUT2D eigenvalue weighted by Crippen LogP contribution is -2.30. The largest absolute Gasteiger partial charge is 0.492 e. The zero-order chi connectivity index (χ0) is 17.2. The Bertz CT molecular complexity index is 538. The Morgan fingerprint density at radius 3 is 2.54 bits per heavy atom. The minimum Gasteiger partial charge on any atom is -0.492 e. The van der Waals surface area contributed by atoms with Crippen LogP contribution in [0.15, 0.2) is 18.2 Å². The summed E-state index contributed by atoms with van der Waals surface area (Å²) in [5.41, 5.74) is 1.05. The number of halogens is 1. The first-order valence-electron chi connectivity index (χ1n) is 7.47. The monoisotopic (exact) mass is 359 g/mol. The summed E-state index contributed by atoms with van der Waals surface area (Å²) in [6.45, 7) is 3.59. The fraction of sp³-hybridized carbons (Fsp3) is 0.500. The molecule has 0 aromatic heterocycles. The summed E-state index contributed by atoms with van der Waals surface area (Å²) in [5, 5.41) is 5.74. The molecule has 0 spiro atoms. The van der Waals surface area contributed by atoms with Gasteiger partial charge < -0.3 is 25.0 Å². The fourth-order valence-corrected chi connectivity index (χ4v) is 1.86. The average Bonchev–Trinajstić information content (AvgIpc) is 2.52. The maximum absolute atomic E-state index is 12.0. The van der Waals surface area contributed by atoms with E-state index in [4.69, 9.17) is 9.47 Å². The molecule has 0 heterocycles. The molecule has 24 heavy (non-hydrogen) atoms. The Hall–Kier alpha value is -1.83. The van der Waals surface area contributed by atoms with Crippen LogP contribution in [0.4, 0.5) is 5.69 Å². The Morgan fingerprint density at radius 2 is 1.96 bits per heavy atom. The maximum atomic E-state index is 12.0. The number of benzene rings is 1. The lowest BCUT2D eigenvalue weighted by atomic mass is 10.1. The third-order valence-corrected chi connectivity index (χ3v) is 2.98. The van der Waals surface area contributed by atoms with Crippen molar-refractivity contribution in [2.24, 2.45) is 0 Å². The van der Waals surface area contributed by atoms with Gasteiger partial charge in [0.2, 0.25) is 5.91 Å². The molecule has 0 saturated carbocycles. The van der Waals surface area contributed by atoms with E-state index in [1.807, 2.05) is 6.92 Å². The fourth-order valence-electron chi connectivity index (χ4n) is 1.86. The maximum Gasteiger partial charge on any atom is 0.253 e. The standard InChI is InChI=1S/C16H25N3O4.ClH/c1-5-23-14-10-12(16(21)19(2)3)6-7-13(14)18-15(20)11-17-8-9-22-4;/h6-7,10,17H,5,8-9,11H2,1-4H3,(H,18,20);1H. The number of anilines is 1. The highest BCUT2D eigenvalue weighted by atomic mass is 35.5. The van der Waals surface area contributed by atoms with Gasteiger partial charge in [0, 0.05) is 33.3 Å². The SMILES string of the molecule is CCOc1cc(C(=O)N(C)C)ccc1NC(=O)CNCCOC.Cl. The molecular weight excluding hydrogens is 334 g/mol. The van der Waals surface area contributed by atoms with Crippen molar-refractivity contribution in [1.29, 1.82) is 0 Å². The van der Waals surface area contributed by atoms with Gasteiger partial charge in [0.1, 0.15) is 5.75 Å². The van der Waals surface area contributed by atoms with Gasteiger partial charge in [-0.05, 0) is 25.1 Å². The van der Waals surface area contributed by atoms with Crippen LogP contribution in [0, 0.1) is 0 Å². The molecule has 0 bridgehead atoms. The minimum atomic E-state index is -0.186. The van der Waals surface area contributed by atoms with Gasteiger partial charge in [0.05, 0.1) is 25.4 Å². The number of carbonyl (C=O) groups excluding carboxylic acids is 2. The Morgan fingerprint density at radius 1 is 1.25 bits per heavy atom. The van der Waals surface area contributed by atoms with Gasteiger partial charge in [-0.25, -0.2) is 0 Å². The second-order valence-electron chi connectivity index (χ2n) is 5.06. The highest BCUT2D eigenvalue weighted by Gasteiger charge is 2.13. The highest BCUT2D eigenvalue weighted by Crippen LogP contribution is 2.26. The molecule has 0 aliphatic heterocycles. The Kier molecular flexibility index (Phi) is 10.8. The molecule has 0 saturated heterocycles. The van der Waals surface area contributed by atoms with Crippen LogP contribution in [0.1, 0.15) is 17.3 Å². The summed E-state index contributed by atoms with van der Waals surface area (Å²) in [7, 11) is 4.97. The second kappa shape index (κ2) is 11.7. The van der Waals surface area contributed by atoms with Crippen LogP contribution in [0.5, 0.6) is 5.75 Å². The van der Waals surface area contributed by atoms with Crippen molar-refractivity contribution in [3.8, 4) is 5.75 Å². The molecule has 2 amide bonds. The molecule has 7 nitrogen and oxygen atoms in total. The van der Waals surface area contributed by atoms with E-state index in [-0.39, 0.29) is 30.8 Å². The van der Waals surface area contributed by atoms with Gasteiger partial charge >= 0.3 is 0 Å². The predicted octanol–water partition coefficient (Wildman–Crippen LogP) is 1.38. The van der Waals surface area contributed by atoms with Gasteiger partial charge in [0.15, 0.2) is 0 Å². The number of hydrogen-bond donors (Lipinski definition) is 2. The van der Waals surface area contributed by atoms with Gasteiger partial charge in [-0.1, -0.05) is 0 Å². The first-order chi connectivity index (χ1) is 11.0. The number of amides is 2. The lowest BCUT2D eigenvalue weighted by molar-refractivity contribution is -0.115. The molecule has 1 rings (SSSR count). The van der Waals surface area contributed by atoms with Crippen molar-refractivity contribution in [3.63, 3.8) is 0 Å². The molecule has 2 N–H and O–H groups in total. The molecule has 0 unspecified atom stereocenters. The van der Waals surface area contributed by atoms with Gasteiger partial charge in [-0.3, -0.25) is 9.59 Å². The van der Waals surface area contributed by atoms with Crippen molar-refractivity contribution >= 4 is 29.9 Å². The first kappa shape index (κ1) is 22.2. The lowest BCUT2D eigenvalue weighted by Gasteiger charge is -2.15. The van der Waals surface area contributed by atoms with Crippen LogP contribution in [-0.2, 0) is 9.53 Å². The second-order valence-corrected chi connectivity index (χ2v) is 5.06. The van der Waals surface area contributed by atoms with Crippen molar-refractivity contribution in [3.05, 3.63) is 23.8 Å². The summed E-state index contributed by atoms with van der Waals surface area (Å²) in [6.07, 6.45) is 0. The molecule has 1 aromatic rings. The number of rotatable bonds is 9. The van der Waals surface area contributed by atoms with E-state index in [0.29, 0.717) is 36.8 Å². The van der Waals surface area contributed by atoms with Crippen LogP contribution in [0.25, 0.3) is 0 Å². The third kappa shape index (κ3) is 7.16. The van der Waals surface area contributed by atoms with Gasteiger partial charge in [0.25, 0.3) is 5.91 Å². The summed E-state index contributed by atoms with van der Waals surface area (Å²) in [4.78, 5) is 25.4. The van der Waals surface area contributed by atoms with Crippen LogP contribution < -0.4 is 15.4 Å². The predicted molar refractivity (Wildman–Crippen MR) is 96.3 cm³/mol. The van der Waals surface area contributed by atoms with Gasteiger partial charge in [-0.2, -0.15) is 0 Å². The van der Waals surface area contributed by atoms with Crippen LogP contribution in [-0.4, -0.2) is 64.2 Å². The van der Waals surface area contributed by atoms with Crippen molar-refractivity contribution in [1.82, 2.24) is 10.2 Å². The quantitative estimate of drug-likeness (QED) is 0.651. The Balaban J connectivity index is 0.00000529. The molecule has 8 heteroatoms. The van der Waals surface area contributed by atoms with Crippen LogP contribution in [0.2, 0.25) is 0 Å². The van der Waals surface area contributed by atoms with E-state index in [1.54, 1.807) is 39.4 Å². The normalized spacial score (nSPS) is 9.83. The van der Waals surface area contributed by atoms with Crippen molar-refractivity contribution < 1.29 is 19.1 Å². The summed E-state index contributed by atoms with van der Waals surface area (Å²) >= 11 is 0. The summed E-state index contributed by atoms with van der Waals surface area (Å²) in [6, 6.07) is 4.98. The number of methoxy groups -OCH3 is 1. The first-order valence-corrected chi connectivity index (χ1v) is 7.47. The van der Waals surface area contributed by atoms with E-state index < -0.39 is 0 Å². The highest BCUT2D eigenvalue weighted by molar-refractivity contribution is 5.97. The number of hydrogen-bond acceptors (Lipinski definition) is 5. The van der Waals surface area contributed by atoms with Crippen molar-refractivity contribution in [2.45, 2.75) is 6.92 Å². The molecule has 0 aliphatic rings. The number of carbonyl (C=O) groups is 2. The van der Waals surface area contributed by atoms with Crippen molar-refractivity contribution in [2.75, 3.05) is 52.8 Å². The minimum absolute atomic E-state index is 0. The van der Waals surface area contributed by atoms with E-state index in [2.05, 4.69) is 10.6 Å². The topological polar surface area (TPSA) is 79.9 Å². The number of nitrogens with zero attached hydrogens (tertiary/aromatic N) is 1. The molecule has 1 aromatic carbocycles. The summed E-state index contributed by atoms with van der Waals surface area (Å²) in [5.74, 6) is 0.171. The number of ether oxygens (including phenoxy) is 2. The Labute approximate surface area is 149 Å². The smallest absolute Gasteiger partial charge is 0.253 e. The molecule has 0 aliphatic carbocycles. The zero-order valence-corrected chi connectivity index (χ0v) is 15.4. The van der Waals surface area contributed by atoms with E-state index >= 15 is 0 Å².